The lowest BCUT2D eigenvalue weighted by Gasteiger charge is -2.36. The fraction of sp³-hybridized carbons (Fsp3) is 0.172. The van der Waals surface area contributed by atoms with E-state index in [4.69, 9.17) is 0 Å². The van der Waals surface area contributed by atoms with Crippen LogP contribution in [-0.4, -0.2) is 0 Å². The van der Waals surface area contributed by atoms with E-state index in [0.717, 1.165) is 0 Å². The highest BCUT2D eigenvalue weighted by molar-refractivity contribution is 5.81. The minimum Gasteiger partial charge on any atom is -0.355 e. The molecule has 0 saturated carbocycles. The maximum atomic E-state index is 3.65. The summed E-state index contributed by atoms with van der Waals surface area (Å²) in [7, 11) is 0. The quantitative estimate of drug-likeness (QED) is 0.361. The summed E-state index contributed by atoms with van der Waals surface area (Å²) in [6.07, 6.45) is 0. The SMILES string of the molecule is CC.CC1(C)c2cc(-c3ccccc3)ccc2Nc2ccc(-c3ccccc3)cc21. The lowest BCUT2D eigenvalue weighted by molar-refractivity contribution is 0.638. The van der Waals surface area contributed by atoms with Crippen molar-refractivity contribution in [2.45, 2.75) is 33.1 Å². The topological polar surface area (TPSA) is 12.0 Å². The molecule has 0 fully saturated rings. The normalized spacial score (nSPS) is 13.2. The Morgan fingerprint density at radius 3 is 1.30 bits per heavy atom. The summed E-state index contributed by atoms with van der Waals surface area (Å²) >= 11 is 0. The van der Waals surface area contributed by atoms with Crippen LogP contribution < -0.4 is 5.32 Å². The fourth-order valence-electron chi connectivity index (χ4n) is 4.25. The van der Waals surface area contributed by atoms with Crippen molar-refractivity contribution in [1.29, 1.82) is 0 Å². The zero-order valence-corrected chi connectivity index (χ0v) is 18.2. The molecule has 0 spiro atoms. The summed E-state index contributed by atoms with van der Waals surface area (Å²) in [6, 6.07) is 34.7. The zero-order valence-electron chi connectivity index (χ0n) is 18.2. The summed E-state index contributed by atoms with van der Waals surface area (Å²) < 4.78 is 0. The molecule has 30 heavy (non-hydrogen) atoms. The van der Waals surface area contributed by atoms with Crippen molar-refractivity contribution in [2.75, 3.05) is 5.32 Å². The highest BCUT2D eigenvalue weighted by Gasteiger charge is 2.33. The number of hydrogen-bond acceptors (Lipinski definition) is 1. The van der Waals surface area contributed by atoms with Gasteiger partial charge < -0.3 is 5.32 Å². The Kier molecular flexibility index (Phi) is 5.46. The highest BCUT2D eigenvalue weighted by Crippen LogP contribution is 2.47. The van der Waals surface area contributed by atoms with Gasteiger partial charge in [-0.2, -0.15) is 0 Å². The Bertz CT molecular complexity index is 1050. The molecule has 1 nitrogen and oxygen atoms in total. The van der Waals surface area contributed by atoms with Gasteiger partial charge in [-0.05, 0) is 57.6 Å². The van der Waals surface area contributed by atoms with Gasteiger partial charge in [-0.25, -0.2) is 0 Å². The molecule has 1 N–H and O–H groups in total. The molecule has 0 bridgehead atoms. The van der Waals surface area contributed by atoms with E-state index in [1.54, 1.807) is 0 Å². The summed E-state index contributed by atoms with van der Waals surface area (Å²) in [5, 5.41) is 3.65. The second-order valence-electron chi connectivity index (χ2n) is 8.00. The molecular formula is C29H29N. The monoisotopic (exact) mass is 391 g/mol. The van der Waals surface area contributed by atoms with Gasteiger partial charge in [0, 0.05) is 16.8 Å². The van der Waals surface area contributed by atoms with E-state index in [1.165, 1.54) is 44.8 Å². The van der Waals surface area contributed by atoms with Crippen molar-refractivity contribution in [3.8, 4) is 22.3 Å². The third-order valence-electron chi connectivity index (χ3n) is 5.87. The largest absolute Gasteiger partial charge is 0.355 e. The second-order valence-corrected chi connectivity index (χ2v) is 8.00. The lowest BCUT2D eigenvalue weighted by atomic mass is 9.73. The third-order valence-corrected chi connectivity index (χ3v) is 5.87. The van der Waals surface area contributed by atoms with Gasteiger partial charge in [0.1, 0.15) is 0 Å². The number of rotatable bonds is 2. The molecule has 0 saturated heterocycles. The maximum absolute atomic E-state index is 3.65. The molecule has 0 unspecified atom stereocenters. The summed E-state index contributed by atoms with van der Waals surface area (Å²) in [5.41, 5.74) is 10.0. The first-order chi connectivity index (χ1) is 14.6. The molecule has 150 valence electrons. The molecule has 0 amide bonds. The predicted molar refractivity (Wildman–Crippen MR) is 131 cm³/mol. The van der Waals surface area contributed by atoms with Crippen LogP contribution in [0.1, 0.15) is 38.8 Å². The molecule has 1 aliphatic heterocycles. The molecular weight excluding hydrogens is 362 g/mol. The van der Waals surface area contributed by atoms with Crippen LogP contribution >= 0.6 is 0 Å². The zero-order chi connectivity index (χ0) is 21.1. The smallest absolute Gasteiger partial charge is 0.0426 e. The summed E-state index contributed by atoms with van der Waals surface area (Å²) in [5.74, 6) is 0. The van der Waals surface area contributed by atoms with Gasteiger partial charge in [0.2, 0.25) is 0 Å². The van der Waals surface area contributed by atoms with Gasteiger partial charge in [0.25, 0.3) is 0 Å². The Morgan fingerprint density at radius 2 is 0.900 bits per heavy atom. The molecule has 0 aliphatic carbocycles. The molecule has 4 aromatic carbocycles. The summed E-state index contributed by atoms with van der Waals surface area (Å²) in [6.45, 7) is 8.66. The standard InChI is InChI=1S/C27H23N.C2H6/c1-27(2)23-17-21(19-9-5-3-6-10-19)13-15-25(23)28-26-16-14-22(18-24(26)27)20-11-7-4-8-12-20;1-2/h3-18,28H,1-2H3;1-2H3. The van der Waals surface area contributed by atoms with Crippen molar-refractivity contribution in [1.82, 2.24) is 0 Å². The van der Waals surface area contributed by atoms with Gasteiger partial charge in [-0.3, -0.25) is 0 Å². The Morgan fingerprint density at radius 1 is 0.500 bits per heavy atom. The van der Waals surface area contributed by atoms with Crippen LogP contribution in [0.4, 0.5) is 11.4 Å². The van der Waals surface area contributed by atoms with E-state index in [0.29, 0.717) is 0 Å². The number of anilines is 2. The van der Waals surface area contributed by atoms with E-state index in [9.17, 15) is 0 Å². The Labute approximate surface area is 180 Å². The predicted octanol–water partition coefficient (Wildman–Crippen LogP) is 8.43. The maximum Gasteiger partial charge on any atom is 0.0426 e. The molecule has 0 atom stereocenters. The van der Waals surface area contributed by atoms with E-state index < -0.39 is 0 Å². The van der Waals surface area contributed by atoms with Crippen LogP contribution in [0.5, 0.6) is 0 Å². The van der Waals surface area contributed by atoms with Crippen LogP contribution in [-0.2, 0) is 5.41 Å². The van der Waals surface area contributed by atoms with Crippen molar-refractivity contribution in [3.63, 3.8) is 0 Å². The first-order valence-electron chi connectivity index (χ1n) is 10.8. The number of hydrogen-bond donors (Lipinski definition) is 1. The number of nitrogens with one attached hydrogen (secondary N) is 1. The summed E-state index contributed by atoms with van der Waals surface area (Å²) in [4.78, 5) is 0. The molecule has 1 heterocycles. The van der Waals surface area contributed by atoms with Crippen LogP contribution in [0.25, 0.3) is 22.3 Å². The van der Waals surface area contributed by atoms with Crippen molar-refractivity contribution < 1.29 is 0 Å². The molecule has 1 aliphatic rings. The third kappa shape index (κ3) is 3.52. The van der Waals surface area contributed by atoms with Crippen molar-refractivity contribution >= 4 is 11.4 Å². The minimum atomic E-state index is -0.0779. The van der Waals surface area contributed by atoms with Gasteiger partial charge in [0.15, 0.2) is 0 Å². The molecule has 4 aromatic rings. The first kappa shape index (κ1) is 20.0. The number of fused-ring (bicyclic) bond motifs is 2. The molecule has 0 aromatic heterocycles. The first-order valence-corrected chi connectivity index (χ1v) is 10.8. The van der Waals surface area contributed by atoms with Gasteiger partial charge in [-0.15, -0.1) is 0 Å². The fourth-order valence-corrected chi connectivity index (χ4v) is 4.25. The minimum absolute atomic E-state index is 0.0779. The average molecular weight is 392 g/mol. The molecule has 5 rings (SSSR count). The van der Waals surface area contributed by atoms with E-state index >= 15 is 0 Å². The van der Waals surface area contributed by atoms with Crippen molar-refractivity contribution in [2.24, 2.45) is 0 Å². The lowest BCUT2D eigenvalue weighted by Crippen LogP contribution is -2.26. The van der Waals surface area contributed by atoms with E-state index in [1.807, 2.05) is 13.8 Å². The average Bonchev–Trinajstić information content (AvgIpc) is 2.81. The van der Waals surface area contributed by atoms with Crippen molar-refractivity contribution in [3.05, 3.63) is 108 Å². The van der Waals surface area contributed by atoms with E-state index in [-0.39, 0.29) is 5.41 Å². The Balaban J connectivity index is 0.00000106. The second kappa shape index (κ2) is 8.20. The van der Waals surface area contributed by atoms with Crippen LogP contribution in [0.3, 0.4) is 0 Å². The highest BCUT2D eigenvalue weighted by atomic mass is 14.9. The van der Waals surface area contributed by atoms with Gasteiger partial charge in [-0.1, -0.05) is 100 Å². The van der Waals surface area contributed by atoms with Gasteiger partial charge in [0.05, 0.1) is 0 Å². The number of benzene rings is 4. The van der Waals surface area contributed by atoms with Gasteiger partial charge >= 0.3 is 0 Å². The van der Waals surface area contributed by atoms with E-state index in [2.05, 4.69) is 116 Å². The van der Waals surface area contributed by atoms with Crippen LogP contribution in [0.15, 0.2) is 97.1 Å². The van der Waals surface area contributed by atoms with Crippen LogP contribution in [0.2, 0.25) is 0 Å². The van der Waals surface area contributed by atoms with Crippen LogP contribution in [0, 0.1) is 0 Å². The molecule has 1 heteroatoms. The molecule has 0 radical (unpaired) electrons. The Hall–Kier alpha value is -3.32.